The number of hydrogen-bond donors (Lipinski definition) is 2. The maximum atomic E-state index is 6.49. The van der Waals surface area contributed by atoms with Gasteiger partial charge in [0.15, 0.2) is 17.0 Å². The minimum Gasteiger partial charge on any atom is -0.443 e. The number of aryl methyl sites for hydroxylation is 2. The van der Waals surface area contributed by atoms with Crippen molar-refractivity contribution in [1.29, 1.82) is 0 Å². The summed E-state index contributed by atoms with van der Waals surface area (Å²) in [6.45, 7) is 7.36. The molecule has 2 atom stereocenters. The molecule has 0 bridgehead atoms. The zero-order valence-electron chi connectivity index (χ0n) is 21.1. The van der Waals surface area contributed by atoms with Crippen molar-refractivity contribution in [2.45, 2.75) is 51.7 Å². The number of rotatable bonds is 3. The molecule has 7 heterocycles. The van der Waals surface area contributed by atoms with Crippen LogP contribution in [0.5, 0.6) is 0 Å². The lowest BCUT2D eigenvalue weighted by Crippen LogP contribution is -2.50. The Labute approximate surface area is 214 Å². The topological polar surface area (TPSA) is 135 Å². The molecule has 4 aromatic heterocycles. The van der Waals surface area contributed by atoms with Crippen molar-refractivity contribution in [2.24, 2.45) is 11.1 Å². The second-order valence-electron chi connectivity index (χ2n) is 10.6. The van der Waals surface area contributed by atoms with Crippen LogP contribution >= 0.6 is 0 Å². The van der Waals surface area contributed by atoms with Gasteiger partial charge in [-0.25, -0.2) is 19.9 Å². The van der Waals surface area contributed by atoms with E-state index in [0.717, 1.165) is 91.8 Å². The highest BCUT2D eigenvalue weighted by Crippen LogP contribution is 2.42. The van der Waals surface area contributed by atoms with Crippen molar-refractivity contribution >= 4 is 28.5 Å². The van der Waals surface area contributed by atoms with Crippen LogP contribution in [-0.4, -0.2) is 68.5 Å². The summed E-state index contributed by atoms with van der Waals surface area (Å²) in [5.74, 6) is 2.18. The van der Waals surface area contributed by atoms with Gasteiger partial charge in [-0.05, 0) is 51.7 Å². The third-order valence-electron chi connectivity index (χ3n) is 8.30. The van der Waals surface area contributed by atoms with Crippen LogP contribution in [0.4, 0.5) is 17.3 Å². The highest BCUT2D eigenvalue weighted by molar-refractivity contribution is 5.87. The van der Waals surface area contributed by atoms with E-state index in [1.807, 2.05) is 19.2 Å². The summed E-state index contributed by atoms with van der Waals surface area (Å²) in [6, 6.07) is 4.11. The Balaban J connectivity index is 1.14. The molecule has 2 saturated heterocycles. The van der Waals surface area contributed by atoms with Crippen molar-refractivity contribution in [3.05, 3.63) is 36.0 Å². The molecule has 0 amide bonds. The van der Waals surface area contributed by atoms with Crippen LogP contribution in [-0.2, 0) is 11.2 Å². The van der Waals surface area contributed by atoms with Gasteiger partial charge < -0.3 is 24.7 Å². The largest absolute Gasteiger partial charge is 0.443 e. The highest BCUT2D eigenvalue weighted by atomic mass is 16.5. The standard InChI is InChI=1S/C26H31N9O2/c1-15-13-36-25(29-15)18-5-6-19-17(30-18)4-3-9-35(19)24-21-23(32-33-24)31-20(12-28-21)34-10-7-26(8-11-34)14-37-16(2)22(26)27/h5-6,12-13,16,22H,3-4,7-11,14,27H2,1-2H3,(H,31,32,33)/t16-,22+/m0/s1. The molecule has 3 aliphatic rings. The number of oxazole rings is 1. The summed E-state index contributed by atoms with van der Waals surface area (Å²) < 4.78 is 11.4. The molecule has 0 saturated carbocycles. The van der Waals surface area contributed by atoms with Crippen molar-refractivity contribution in [3.63, 3.8) is 0 Å². The van der Waals surface area contributed by atoms with Gasteiger partial charge in [-0.2, -0.15) is 5.10 Å². The van der Waals surface area contributed by atoms with Gasteiger partial charge in [0.25, 0.3) is 0 Å². The maximum absolute atomic E-state index is 6.49. The quantitative estimate of drug-likeness (QED) is 0.431. The van der Waals surface area contributed by atoms with Crippen LogP contribution in [0.3, 0.4) is 0 Å². The smallest absolute Gasteiger partial charge is 0.245 e. The zero-order valence-corrected chi connectivity index (χ0v) is 21.1. The summed E-state index contributed by atoms with van der Waals surface area (Å²) in [4.78, 5) is 23.5. The number of nitrogens with one attached hydrogen (secondary N) is 1. The summed E-state index contributed by atoms with van der Waals surface area (Å²) in [5, 5.41) is 7.75. The summed E-state index contributed by atoms with van der Waals surface area (Å²) in [7, 11) is 0. The molecular weight excluding hydrogens is 470 g/mol. The van der Waals surface area contributed by atoms with E-state index in [4.69, 9.17) is 29.8 Å². The van der Waals surface area contributed by atoms with Gasteiger partial charge in [-0.1, -0.05) is 0 Å². The van der Waals surface area contributed by atoms with E-state index in [1.165, 1.54) is 0 Å². The van der Waals surface area contributed by atoms with E-state index in [0.29, 0.717) is 11.5 Å². The van der Waals surface area contributed by atoms with Crippen molar-refractivity contribution in [2.75, 3.05) is 36.0 Å². The van der Waals surface area contributed by atoms with E-state index >= 15 is 0 Å². The molecule has 37 heavy (non-hydrogen) atoms. The van der Waals surface area contributed by atoms with Gasteiger partial charge in [-0.15, -0.1) is 0 Å². The van der Waals surface area contributed by atoms with Gasteiger partial charge >= 0.3 is 0 Å². The fourth-order valence-electron chi connectivity index (χ4n) is 6.03. The maximum Gasteiger partial charge on any atom is 0.245 e. The van der Waals surface area contributed by atoms with Gasteiger partial charge in [0.05, 0.1) is 36.0 Å². The number of aromatic nitrogens is 6. The summed E-state index contributed by atoms with van der Waals surface area (Å²) in [6.07, 6.45) is 7.49. The molecule has 7 rings (SSSR count). The Morgan fingerprint density at radius 3 is 2.76 bits per heavy atom. The van der Waals surface area contributed by atoms with E-state index in [1.54, 1.807) is 6.26 Å². The second kappa shape index (κ2) is 8.49. The molecule has 3 N–H and O–H groups in total. The van der Waals surface area contributed by atoms with Gasteiger partial charge in [0.1, 0.15) is 17.8 Å². The summed E-state index contributed by atoms with van der Waals surface area (Å²) in [5.41, 5.74) is 11.6. The third-order valence-corrected chi connectivity index (χ3v) is 8.30. The molecule has 0 radical (unpaired) electrons. The molecule has 11 nitrogen and oxygen atoms in total. The van der Waals surface area contributed by atoms with Crippen molar-refractivity contribution < 1.29 is 9.15 Å². The first-order chi connectivity index (χ1) is 18.0. The minimum atomic E-state index is 0.0794. The summed E-state index contributed by atoms with van der Waals surface area (Å²) >= 11 is 0. The normalized spacial score (nSPS) is 23.2. The third kappa shape index (κ3) is 3.67. The monoisotopic (exact) mass is 501 g/mol. The fourth-order valence-corrected chi connectivity index (χ4v) is 6.03. The molecule has 0 aliphatic carbocycles. The molecule has 192 valence electrons. The number of hydrogen-bond acceptors (Lipinski definition) is 10. The number of nitrogens with two attached hydrogens (primary N) is 1. The number of pyridine rings is 1. The SMILES string of the molecule is Cc1coc(-c2ccc3c(n2)CCCN3c2n[nH]c3nc(N4CCC5(CC4)CO[C@@H](C)[C@H]5N)cnc23)n1. The lowest BCUT2D eigenvalue weighted by Gasteiger charge is -2.41. The minimum absolute atomic E-state index is 0.0794. The van der Waals surface area contributed by atoms with Gasteiger partial charge in [-0.3, -0.25) is 5.10 Å². The Kier molecular flexibility index (Phi) is 5.19. The van der Waals surface area contributed by atoms with Gasteiger partial charge in [0, 0.05) is 31.1 Å². The van der Waals surface area contributed by atoms with Crippen LogP contribution in [0.2, 0.25) is 0 Å². The van der Waals surface area contributed by atoms with E-state index < -0.39 is 0 Å². The first kappa shape index (κ1) is 22.6. The molecule has 4 aromatic rings. The number of aromatic amines is 1. The molecular formula is C26H31N9O2. The average Bonchev–Trinajstić information content (AvgIpc) is 3.63. The van der Waals surface area contributed by atoms with Crippen LogP contribution in [0.1, 0.15) is 37.6 Å². The Hall–Kier alpha value is -3.57. The molecule has 2 fully saturated rings. The number of nitrogens with zero attached hydrogens (tertiary/aromatic N) is 7. The molecule has 0 unspecified atom stereocenters. The average molecular weight is 502 g/mol. The Morgan fingerprint density at radius 2 is 2.00 bits per heavy atom. The molecule has 11 heteroatoms. The second-order valence-corrected chi connectivity index (χ2v) is 10.6. The van der Waals surface area contributed by atoms with Crippen molar-refractivity contribution in [3.8, 4) is 11.6 Å². The first-order valence-corrected chi connectivity index (χ1v) is 13.0. The fraction of sp³-hybridized carbons (Fsp3) is 0.500. The van der Waals surface area contributed by atoms with Crippen LogP contribution < -0.4 is 15.5 Å². The van der Waals surface area contributed by atoms with E-state index in [9.17, 15) is 0 Å². The zero-order chi connectivity index (χ0) is 25.1. The predicted octanol–water partition coefficient (Wildman–Crippen LogP) is 3.13. The van der Waals surface area contributed by atoms with Crippen LogP contribution in [0.15, 0.2) is 29.0 Å². The number of fused-ring (bicyclic) bond motifs is 2. The van der Waals surface area contributed by atoms with E-state index in [2.05, 4.69) is 38.0 Å². The van der Waals surface area contributed by atoms with Crippen molar-refractivity contribution in [1.82, 2.24) is 30.1 Å². The van der Waals surface area contributed by atoms with Crippen LogP contribution in [0, 0.1) is 12.3 Å². The van der Waals surface area contributed by atoms with Crippen LogP contribution in [0.25, 0.3) is 22.7 Å². The molecule has 3 aliphatic heterocycles. The molecule has 1 spiro atoms. The number of H-pyrrole nitrogens is 1. The lowest BCUT2D eigenvalue weighted by molar-refractivity contribution is 0.0974. The highest BCUT2D eigenvalue weighted by Gasteiger charge is 2.47. The number of piperidine rings is 1. The number of ether oxygens (including phenoxy) is 1. The molecule has 0 aromatic carbocycles. The van der Waals surface area contributed by atoms with E-state index in [-0.39, 0.29) is 17.6 Å². The lowest BCUT2D eigenvalue weighted by atomic mass is 9.73. The Morgan fingerprint density at radius 1 is 1.14 bits per heavy atom. The Bertz CT molecular complexity index is 1460. The first-order valence-electron chi connectivity index (χ1n) is 13.0. The van der Waals surface area contributed by atoms with Gasteiger partial charge in [0.2, 0.25) is 5.89 Å². The predicted molar refractivity (Wildman–Crippen MR) is 139 cm³/mol. The number of anilines is 3.